The maximum absolute atomic E-state index is 11.9. The second kappa shape index (κ2) is 13.0. The largest absolute Gasteiger partial charge is 0.388 e. The van der Waals surface area contributed by atoms with Gasteiger partial charge in [0.15, 0.2) is 0 Å². The number of unbranched alkanes of at least 4 members (excludes halogenated alkanes) is 3. The molecule has 1 aliphatic carbocycles. The highest BCUT2D eigenvalue weighted by molar-refractivity contribution is 5.75. The summed E-state index contributed by atoms with van der Waals surface area (Å²) in [6, 6.07) is 0.0137. The van der Waals surface area contributed by atoms with Crippen molar-refractivity contribution in [2.45, 2.75) is 97.6 Å². The summed E-state index contributed by atoms with van der Waals surface area (Å²) in [5.41, 5.74) is 0.390. The van der Waals surface area contributed by atoms with Crippen molar-refractivity contribution in [1.82, 2.24) is 10.2 Å². The van der Waals surface area contributed by atoms with Gasteiger partial charge in [-0.05, 0) is 52.0 Å². The van der Waals surface area contributed by atoms with Gasteiger partial charge in [0.25, 0.3) is 0 Å². The van der Waals surface area contributed by atoms with Crippen molar-refractivity contribution in [3.05, 3.63) is 23.9 Å². The maximum atomic E-state index is 11.9. The number of hydrogen-bond acceptors (Lipinski definition) is 3. The van der Waals surface area contributed by atoms with Gasteiger partial charge in [-0.2, -0.15) is 0 Å². The summed E-state index contributed by atoms with van der Waals surface area (Å²) in [7, 11) is 1.89. The molecule has 0 radical (unpaired) electrons. The fourth-order valence-corrected chi connectivity index (χ4v) is 2.99. The van der Waals surface area contributed by atoms with Crippen molar-refractivity contribution in [3.8, 4) is 0 Å². The van der Waals surface area contributed by atoms with Crippen LogP contribution in [0.2, 0.25) is 0 Å². The van der Waals surface area contributed by atoms with Crippen LogP contribution >= 0.6 is 0 Å². The van der Waals surface area contributed by atoms with Gasteiger partial charge in [-0.1, -0.05) is 45.8 Å². The lowest BCUT2D eigenvalue weighted by Crippen LogP contribution is -2.46. The van der Waals surface area contributed by atoms with Crippen LogP contribution in [0.4, 0.5) is 0 Å². The van der Waals surface area contributed by atoms with Crippen molar-refractivity contribution >= 4 is 5.91 Å². The van der Waals surface area contributed by atoms with Crippen LogP contribution in [-0.4, -0.2) is 41.1 Å². The number of carbonyl (C=O) groups excluding carboxylic acids is 1. The molecule has 2 atom stereocenters. The van der Waals surface area contributed by atoms with E-state index in [0.29, 0.717) is 6.42 Å². The zero-order valence-electron chi connectivity index (χ0n) is 16.7. The summed E-state index contributed by atoms with van der Waals surface area (Å²) < 4.78 is 0. The van der Waals surface area contributed by atoms with Crippen molar-refractivity contribution in [2.24, 2.45) is 0 Å². The molecule has 1 aliphatic rings. The Morgan fingerprint density at radius 2 is 2.04 bits per heavy atom. The van der Waals surface area contributed by atoms with Gasteiger partial charge < -0.3 is 15.3 Å². The molecular weight excluding hydrogens is 324 g/mol. The number of carbonyl (C=O) groups is 1. The molecular formula is C22H42N2O2. The van der Waals surface area contributed by atoms with E-state index in [9.17, 15) is 9.90 Å². The molecule has 2 N–H and O–H groups in total. The van der Waals surface area contributed by atoms with Gasteiger partial charge in [0.1, 0.15) is 0 Å². The average molecular weight is 367 g/mol. The van der Waals surface area contributed by atoms with Gasteiger partial charge in [-0.15, -0.1) is 0 Å². The molecule has 0 saturated carbocycles. The van der Waals surface area contributed by atoms with Crippen LogP contribution in [0, 0.1) is 0 Å². The number of nitrogens with one attached hydrogen (secondary N) is 1. The summed E-state index contributed by atoms with van der Waals surface area (Å²) in [6.45, 7) is 6.88. The first-order chi connectivity index (χ1) is 11.9. The van der Waals surface area contributed by atoms with Gasteiger partial charge in [0, 0.05) is 25.7 Å². The molecule has 0 aromatic heterocycles. The zero-order valence-corrected chi connectivity index (χ0v) is 16.7. The minimum atomic E-state index is -0.727. The number of nitrogens with zero attached hydrogens (tertiary/aromatic N) is 1. The predicted octanol–water partition coefficient (Wildman–Crippen LogP) is 4.79. The molecule has 0 bridgehead atoms. The van der Waals surface area contributed by atoms with Crippen LogP contribution in [0.1, 0.15) is 86.0 Å². The number of hydrogen-bond donors (Lipinski definition) is 2. The molecule has 152 valence electrons. The topological polar surface area (TPSA) is 52.6 Å². The van der Waals surface area contributed by atoms with E-state index in [1.807, 2.05) is 25.8 Å². The Morgan fingerprint density at radius 3 is 2.65 bits per heavy atom. The van der Waals surface area contributed by atoms with E-state index >= 15 is 0 Å². The first-order valence-corrected chi connectivity index (χ1v) is 9.96. The number of allylic oxidation sites excluding steroid dienone is 3. The van der Waals surface area contributed by atoms with E-state index in [1.165, 1.54) is 0 Å². The van der Waals surface area contributed by atoms with Crippen LogP contribution in [-0.2, 0) is 4.79 Å². The Labute approximate surface area is 161 Å². The summed E-state index contributed by atoms with van der Waals surface area (Å²) >= 11 is 0. The Kier molecular flexibility index (Phi) is 12.3. The van der Waals surface area contributed by atoms with Gasteiger partial charge >= 0.3 is 0 Å². The molecule has 4 nitrogen and oxygen atoms in total. The molecule has 0 aromatic carbocycles. The predicted molar refractivity (Wildman–Crippen MR) is 112 cm³/mol. The highest BCUT2D eigenvalue weighted by atomic mass is 16.3. The molecule has 0 aromatic rings. The van der Waals surface area contributed by atoms with E-state index in [-0.39, 0.29) is 19.4 Å². The Balaban J connectivity index is 0.00000625. The van der Waals surface area contributed by atoms with Crippen molar-refractivity contribution < 1.29 is 9.90 Å². The number of aliphatic hydroxyl groups is 1. The highest BCUT2D eigenvalue weighted by Gasteiger charge is 2.27. The SMILES string of the molecule is C.CCCCC(=O)N(C)CCCCCC(C)(O)C(C)NC1=CCCC=C1. The van der Waals surface area contributed by atoms with E-state index in [0.717, 1.165) is 63.6 Å². The van der Waals surface area contributed by atoms with Gasteiger partial charge in [-0.25, -0.2) is 0 Å². The van der Waals surface area contributed by atoms with E-state index in [4.69, 9.17) is 0 Å². The third-order valence-corrected chi connectivity index (χ3v) is 5.16. The third kappa shape index (κ3) is 9.42. The van der Waals surface area contributed by atoms with Crippen LogP contribution in [0.3, 0.4) is 0 Å². The Morgan fingerprint density at radius 1 is 1.31 bits per heavy atom. The minimum Gasteiger partial charge on any atom is -0.388 e. The fraction of sp³-hybridized carbons (Fsp3) is 0.773. The second-order valence-electron chi connectivity index (χ2n) is 7.59. The highest BCUT2D eigenvalue weighted by Crippen LogP contribution is 2.20. The maximum Gasteiger partial charge on any atom is 0.222 e. The van der Waals surface area contributed by atoms with Gasteiger partial charge in [0.2, 0.25) is 5.91 Å². The van der Waals surface area contributed by atoms with Crippen molar-refractivity contribution in [3.63, 3.8) is 0 Å². The molecule has 0 fully saturated rings. The molecule has 0 heterocycles. The van der Waals surface area contributed by atoms with Crippen LogP contribution in [0.25, 0.3) is 0 Å². The van der Waals surface area contributed by atoms with Gasteiger partial charge in [0.05, 0.1) is 11.6 Å². The quantitative estimate of drug-likeness (QED) is 0.488. The van der Waals surface area contributed by atoms with E-state index < -0.39 is 5.60 Å². The van der Waals surface area contributed by atoms with E-state index in [2.05, 4.69) is 30.5 Å². The average Bonchev–Trinajstić information content (AvgIpc) is 2.59. The fourth-order valence-electron chi connectivity index (χ4n) is 2.99. The molecule has 0 aliphatic heterocycles. The number of amides is 1. The van der Waals surface area contributed by atoms with Crippen molar-refractivity contribution in [1.29, 1.82) is 0 Å². The lowest BCUT2D eigenvalue weighted by atomic mass is 9.90. The smallest absolute Gasteiger partial charge is 0.222 e. The molecule has 0 spiro atoms. The molecule has 0 saturated heterocycles. The van der Waals surface area contributed by atoms with Crippen LogP contribution in [0.15, 0.2) is 23.9 Å². The number of rotatable bonds is 12. The summed E-state index contributed by atoms with van der Waals surface area (Å²) in [5.74, 6) is 0.250. The first-order valence-electron chi connectivity index (χ1n) is 9.96. The first kappa shape index (κ1) is 24.7. The summed E-state index contributed by atoms with van der Waals surface area (Å²) in [5, 5.41) is 14.2. The standard InChI is InChI=1S/C21H38N2O2.CH4/c1-5-6-15-20(24)23(4)17-12-8-11-16-21(3,25)18(2)22-19-13-9-7-10-14-19;/h9,13-14,18,22,25H,5-8,10-12,15-17H2,1-4H3;1H4. The Hall–Kier alpha value is -1.29. The lowest BCUT2D eigenvalue weighted by molar-refractivity contribution is -0.130. The molecule has 4 heteroatoms. The zero-order chi connectivity index (χ0) is 18.7. The minimum absolute atomic E-state index is 0. The lowest BCUT2D eigenvalue weighted by Gasteiger charge is -2.32. The molecule has 2 unspecified atom stereocenters. The second-order valence-corrected chi connectivity index (χ2v) is 7.59. The third-order valence-electron chi connectivity index (χ3n) is 5.16. The summed E-state index contributed by atoms with van der Waals surface area (Å²) in [6.07, 6.45) is 15.1. The normalized spacial score (nSPS) is 16.9. The molecule has 1 amide bonds. The van der Waals surface area contributed by atoms with E-state index in [1.54, 1.807) is 0 Å². The Bertz CT molecular complexity index is 455. The summed E-state index contributed by atoms with van der Waals surface area (Å²) in [4.78, 5) is 13.7. The molecule has 26 heavy (non-hydrogen) atoms. The van der Waals surface area contributed by atoms with Gasteiger partial charge in [-0.3, -0.25) is 4.79 Å². The van der Waals surface area contributed by atoms with Crippen LogP contribution in [0.5, 0.6) is 0 Å². The van der Waals surface area contributed by atoms with Crippen LogP contribution < -0.4 is 5.32 Å². The molecule has 1 rings (SSSR count). The monoisotopic (exact) mass is 366 g/mol. The van der Waals surface area contributed by atoms with Crippen molar-refractivity contribution in [2.75, 3.05) is 13.6 Å².